The van der Waals surface area contributed by atoms with Crippen LogP contribution in [-0.2, 0) is 27.3 Å². The number of fused-ring (bicyclic) bond motifs is 3. The van der Waals surface area contributed by atoms with Crippen LogP contribution < -0.4 is 35.7 Å². The number of nitrogens with one attached hydrogen (secondary N) is 4. The first-order valence-corrected chi connectivity index (χ1v) is 15.8. The lowest BCUT2D eigenvalue weighted by Gasteiger charge is -2.26. The lowest BCUT2D eigenvalue weighted by atomic mass is 10.0. The number of aromatic amines is 1. The Balaban J connectivity index is 1.61. The molecular formula is C34H42N6O8. The summed E-state index contributed by atoms with van der Waals surface area (Å²) in [7, 11) is 3.00. The topological polar surface area (TPSA) is 181 Å². The molecule has 4 rings (SSSR count). The van der Waals surface area contributed by atoms with E-state index in [1.807, 2.05) is 13.8 Å². The molecule has 1 aliphatic heterocycles. The van der Waals surface area contributed by atoms with Gasteiger partial charge in [-0.15, -0.1) is 0 Å². The molecule has 0 aliphatic carbocycles. The highest BCUT2D eigenvalue weighted by Crippen LogP contribution is 2.37. The molecule has 2 bridgehead atoms. The SMILES string of the molecule is COc1ccc2cc1Oc1cccc(OC)c1CNC(=O)[C@@H](C(C)C)NC(=O)CN(C(=O)CCc1ccc(=O)[nH]n1)CCCCNC2=O. The Kier molecular flexibility index (Phi) is 12.5. The Morgan fingerprint density at radius 3 is 2.48 bits per heavy atom. The van der Waals surface area contributed by atoms with E-state index in [0.717, 1.165) is 0 Å². The van der Waals surface area contributed by atoms with E-state index in [2.05, 4.69) is 26.1 Å². The minimum atomic E-state index is -0.892. The Morgan fingerprint density at radius 1 is 0.979 bits per heavy atom. The second kappa shape index (κ2) is 17.0. The summed E-state index contributed by atoms with van der Waals surface area (Å²) in [6.45, 7) is 3.94. The highest BCUT2D eigenvalue weighted by molar-refractivity contribution is 5.95. The van der Waals surface area contributed by atoms with Crippen molar-refractivity contribution in [1.29, 1.82) is 0 Å². The molecule has 1 aliphatic rings. The smallest absolute Gasteiger partial charge is 0.264 e. The highest BCUT2D eigenvalue weighted by Gasteiger charge is 2.27. The van der Waals surface area contributed by atoms with E-state index < -0.39 is 17.9 Å². The quantitative estimate of drug-likeness (QED) is 0.308. The monoisotopic (exact) mass is 662 g/mol. The van der Waals surface area contributed by atoms with Gasteiger partial charge < -0.3 is 35.1 Å². The zero-order chi connectivity index (χ0) is 34.6. The summed E-state index contributed by atoms with van der Waals surface area (Å²) in [6.07, 6.45) is 1.35. The van der Waals surface area contributed by atoms with Crippen molar-refractivity contribution in [2.24, 2.45) is 5.92 Å². The van der Waals surface area contributed by atoms with Crippen LogP contribution in [0.4, 0.5) is 0 Å². The number of amides is 4. The number of aryl methyl sites for hydroxylation is 1. The van der Waals surface area contributed by atoms with Crippen molar-refractivity contribution in [3.8, 4) is 23.0 Å². The van der Waals surface area contributed by atoms with E-state index in [4.69, 9.17) is 14.2 Å². The number of carbonyl (C=O) groups is 4. The molecule has 48 heavy (non-hydrogen) atoms. The summed E-state index contributed by atoms with van der Waals surface area (Å²) < 4.78 is 17.3. The van der Waals surface area contributed by atoms with Gasteiger partial charge >= 0.3 is 0 Å². The molecule has 2 aromatic carbocycles. The van der Waals surface area contributed by atoms with Gasteiger partial charge in [0.15, 0.2) is 11.5 Å². The number of benzene rings is 2. The van der Waals surface area contributed by atoms with Gasteiger partial charge in [0, 0.05) is 37.6 Å². The number of rotatable bonds is 6. The van der Waals surface area contributed by atoms with Crippen molar-refractivity contribution >= 4 is 23.6 Å². The lowest BCUT2D eigenvalue weighted by molar-refractivity contribution is -0.137. The molecule has 256 valence electrons. The van der Waals surface area contributed by atoms with Crippen molar-refractivity contribution in [3.05, 3.63) is 75.7 Å². The van der Waals surface area contributed by atoms with Gasteiger partial charge in [-0.1, -0.05) is 19.9 Å². The predicted molar refractivity (Wildman–Crippen MR) is 176 cm³/mol. The molecule has 3 aromatic rings. The van der Waals surface area contributed by atoms with E-state index in [9.17, 15) is 24.0 Å². The Morgan fingerprint density at radius 2 is 1.77 bits per heavy atom. The molecular weight excluding hydrogens is 620 g/mol. The van der Waals surface area contributed by atoms with Crippen LogP contribution in [0.2, 0.25) is 0 Å². The molecule has 4 N–H and O–H groups in total. The van der Waals surface area contributed by atoms with Crippen LogP contribution in [0.15, 0.2) is 53.3 Å². The van der Waals surface area contributed by atoms with Crippen molar-refractivity contribution in [2.75, 3.05) is 33.9 Å². The van der Waals surface area contributed by atoms with Crippen LogP contribution in [0.1, 0.15) is 54.7 Å². The standard InChI is InChI=1S/C34H42N6O8/c1-21(2)32-34(45)36-19-24-25(46-3)8-7-9-26(24)48-28-18-22(10-13-27(28)47-4)33(44)35-16-5-6-17-40(20-30(42)37-32)31(43)15-12-23-11-14-29(41)39-38-23/h7-11,13-14,18,21,32H,5-6,12,15-17,19-20H2,1-4H3,(H,35,44)(H,36,45)(H,37,42)(H,39,41)/t32-/m1/s1. The maximum atomic E-state index is 13.5. The summed E-state index contributed by atoms with van der Waals surface area (Å²) in [5.41, 5.74) is 1.06. The van der Waals surface area contributed by atoms with E-state index in [-0.39, 0.29) is 55.8 Å². The zero-order valence-corrected chi connectivity index (χ0v) is 27.6. The summed E-state index contributed by atoms with van der Waals surface area (Å²) >= 11 is 0. The first-order valence-electron chi connectivity index (χ1n) is 15.8. The Hall–Kier alpha value is -5.40. The largest absolute Gasteiger partial charge is 0.496 e. The zero-order valence-electron chi connectivity index (χ0n) is 27.6. The van der Waals surface area contributed by atoms with E-state index in [1.165, 1.54) is 25.2 Å². The molecule has 0 radical (unpaired) electrons. The number of nitrogens with zero attached hydrogens (tertiary/aromatic N) is 2. The van der Waals surface area contributed by atoms with E-state index in [0.29, 0.717) is 59.2 Å². The van der Waals surface area contributed by atoms with Gasteiger partial charge in [0.1, 0.15) is 17.5 Å². The van der Waals surface area contributed by atoms with E-state index in [1.54, 1.807) is 42.5 Å². The van der Waals surface area contributed by atoms with Gasteiger partial charge in [0.2, 0.25) is 17.7 Å². The molecule has 0 saturated heterocycles. The van der Waals surface area contributed by atoms with Crippen LogP contribution in [0.25, 0.3) is 0 Å². The van der Waals surface area contributed by atoms with Crippen molar-refractivity contribution < 1.29 is 33.4 Å². The van der Waals surface area contributed by atoms with Gasteiger partial charge in [-0.2, -0.15) is 5.10 Å². The second-order valence-electron chi connectivity index (χ2n) is 11.6. The third-order valence-electron chi connectivity index (χ3n) is 7.82. The Labute approximate surface area is 278 Å². The minimum absolute atomic E-state index is 0.00314. The van der Waals surface area contributed by atoms with Gasteiger partial charge in [-0.3, -0.25) is 24.0 Å². The number of aromatic nitrogens is 2. The first-order chi connectivity index (χ1) is 23.1. The van der Waals surface area contributed by atoms with Gasteiger partial charge in [0.05, 0.1) is 38.6 Å². The molecule has 14 heteroatoms. The maximum absolute atomic E-state index is 13.5. The molecule has 0 spiro atoms. The van der Waals surface area contributed by atoms with Crippen molar-refractivity contribution in [1.82, 2.24) is 31.0 Å². The van der Waals surface area contributed by atoms with Crippen LogP contribution in [0.3, 0.4) is 0 Å². The van der Waals surface area contributed by atoms with Crippen LogP contribution >= 0.6 is 0 Å². The first kappa shape index (κ1) is 35.5. The third kappa shape index (κ3) is 9.56. The molecule has 2 heterocycles. The molecule has 4 amide bonds. The summed E-state index contributed by atoms with van der Waals surface area (Å²) in [5, 5.41) is 14.9. The highest BCUT2D eigenvalue weighted by atomic mass is 16.5. The maximum Gasteiger partial charge on any atom is 0.264 e. The third-order valence-corrected chi connectivity index (χ3v) is 7.82. The number of hydrogen-bond donors (Lipinski definition) is 4. The van der Waals surface area contributed by atoms with Crippen molar-refractivity contribution in [3.63, 3.8) is 0 Å². The number of carbonyl (C=O) groups excluding carboxylic acids is 4. The normalized spacial score (nSPS) is 16.5. The van der Waals surface area contributed by atoms with E-state index >= 15 is 0 Å². The molecule has 0 saturated carbocycles. The number of ether oxygens (including phenoxy) is 3. The number of H-pyrrole nitrogens is 1. The molecule has 14 nitrogen and oxygen atoms in total. The fraction of sp³-hybridized carbons (Fsp3) is 0.412. The molecule has 1 aromatic heterocycles. The molecule has 1 atom stereocenters. The molecule has 0 fully saturated rings. The second-order valence-corrected chi connectivity index (χ2v) is 11.6. The van der Waals surface area contributed by atoms with Gasteiger partial charge in [-0.25, -0.2) is 5.10 Å². The number of hydrogen-bond acceptors (Lipinski definition) is 9. The predicted octanol–water partition coefficient (Wildman–Crippen LogP) is 2.32. The van der Waals surface area contributed by atoms with Crippen LogP contribution in [0.5, 0.6) is 23.0 Å². The van der Waals surface area contributed by atoms with Gasteiger partial charge in [-0.05, 0) is 55.2 Å². The molecule has 0 unspecified atom stereocenters. The average Bonchev–Trinajstić information content (AvgIpc) is 3.08. The van der Waals surface area contributed by atoms with Crippen LogP contribution in [0, 0.1) is 5.92 Å². The van der Waals surface area contributed by atoms with Gasteiger partial charge in [0.25, 0.3) is 11.5 Å². The minimum Gasteiger partial charge on any atom is -0.496 e. The summed E-state index contributed by atoms with van der Waals surface area (Å²) in [4.78, 5) is 65.9. The lowest BCUT2D eigenvalue weighted by Crippen LogP contribution is -2.52. The van der Waals surface area contributed by atoms with Crippen LogP contribution in [-0.4, -0.2) is 78.6 Å². The fourth-order valence-corrected chi connectivity index (χ4v) is 5.16. The fourth-order valence-electron chi connectivity index (χ4n) is 5.16. The number of methoxy groups -OCH3 is 2. The summed E-state index contributed by atoms with van der Waals surface area (Å²) in [5.74, 6) is -0.285. The Bertz CT molecular complexity index is 1650. The summed E-state index contributed by atoms with van der Waals surface area (Å²) in [6, 6.07) is 12.0. The van der Waals surface area contributed by atoms with Crippen molar-refractivity contribution in [2.45, 2.75) is 52.1 Å². The average molecular weight is 663 g/mol.